The number of carbonyl (C=O) groups excluding carboxylic acids is 1. The van der Waals surface area contributed by atoms with Crippen molar-refractivity contribution in [3.8, 4) is 0 Å². The number of nitrogens with one attached hydrogen (secondary N) is 1. The predicted octanol–water partition coefficient (Wildman–Crippen LogP) is 2.20. The molecular formula is C15H17NO3. The summed E-state index contributed by atoms with van der Waals surface area (Å²) in [6, 6.07) is 7.46. The number of hydrogen-bond donors (Lipinski definition) is 2. The van der Waals surface area contributed by atoms with Crippen molar-refractivity contribution in [1.29, 1.82) is 0 Å². The molecule has 1 aliphatic rings. The lowest BCUT2D eigenvalue weighted by Crippen LogP contribution is -2.33. The van der Waals surface area contributed by atoms with Crippen LogP contribution in [0.1, 0.15) is 30.4 Å². The molecule has 0 unspecified atom stereocenters. The lowest BCUT2D eigenvalue weighted by atomic mass is 9.85. The number of amides is 1. The lowest BCUT2D eigenvalue weighted by Gasteiger charge is -2.24. The molecule has 0 atom stereocenters. The van der Waals surface area contributed by atoms with E-state index in [9.17, 15) is 9.59 Å². The van der Waals surface area contributed by atoms with Crippen molar-refractivity contribution in [2.45, 2.75) is 25.8 Å². The number of aliphatic carboxylic acids is 1. The number of rotatable bonds is 5. The molecule has 1 aromatic carbocycles. The van der Waals surface area contributed by atoms with Gasteiger partial charge in [-0.05, 0) is 30.0 Å². The average Bonchev–Trinajstić information content (AvgIpc) is 2.33. The Kier molecular flexibility index (Phi) is 4.34. The number of hydrogen-bond acceptors (Lipinski definition) is 2. The summed E-state index contributed by atoms with van der Waals surface area (Å²) in [6.45, 7) is 0.526. The quantitative estimate of drug-likeness (QED) is 0.797. The van der Waals surface area contributed by atoms with E-state index in [2.05, 4.69) is 5.32 Å². The highest BCUT2D eigenvalue weighted by molar-refractivity contribution is 5.85. The minimum Gasteiger partial charge on any atom is -0.478 e. The Morgan fingerprint density at radius 3 is 2.47 bits per heavy atom. The van der Waals surface area contributed by atoms with Crippen LogP contribution in [-0.4, -0.2) is 17.0 Å². The largest absolute Gasteiger partial charge is 0.478 e. The van der Waals surface area contributed by atoms with E-state index in [0.29, 0.717) is 6.54 Å². The Balaban J connectivity index is 1.84. The minimum absolute atomic E-state index is 0.140. The molecule has 2 N–H and O–H groups in total. The van der Waals surface area contributed by atoms with Crippen LogP contribution in [0.4, 0.5) is 0 Å². The van der Waals surface area contributed by atoms with Gasteiger partial charge < -0.3 is 10.4 Å². The molecule has 1 aromatic rings. The Bertz CT molecular complexity index is 487. The normalized spacial score (nSPS) is 15.2. The Morgan fingerprint density at radius 1 is 1.26 bits per heavy atom. The van der Waals surface area contributed by atoms with Crippen molar-refractivity contribution in [3.63, 3.8) is 0 Å². The van der Waals surface area contributed by atoms with Gasteiger partial charge in [0.2, 0.25) is 5.91 Å². The van der Waals surface area contributed by atoms with E-state index in [1.54, 1.807) is 6.08 Å². The maximum atomic E-state index is 11.7. The summed E-state index contributed by atoms with van der Waals surface area (Å²) in [5, 5.41) is 11.4. The van der Waals surface area contributed by atoms with E-state index in [0.717, 1.165) is 36.5 Å². The van der Waals surface area contributed by atoms with Crippen molar-refractivity contribution in [2.24, 2.45) is 5.92 Å². The summed E-state index contributed by atoms with van der Waals surface area (Å²) < 4.78 is 0. The first-order chi connectivity index (χ1) is 9.15. The molecule has 1 saturated carbocycles. The second-order valence-corrected chi connectivity index (χ2v) is 4.76. The molecule has 0 saturated heterocycles. The molecule has 0 radical (unpaired) electrons. The van der Waals surface area contributed by atoms with E-state index in [4.69, 9.17) is 5.11 Å². The molecule has 1 aliphatic carbocycles. The second kappa shape index (κ2) is 6.18. The van der Waals surface area contributed by atoms with E-state index >= 15 is 0 Å². The molecule has 19 heavy (non-hydrogen) atoms. The number of carboxylic acids is 1. The van der Waals surface area contributed by atoms with Crippen LogP contribution >= 0.6 is 0 Å². The maximum Gasteiger partial charge on any atom is 0.328 e. The molecule has 0 bridgehead atoms. The van der Waals surface area contributed by atoms with Gasteiger partial charge in [-0.15, -0.1) is 0 Å². The molecule has 4 heteroatoms. The van der Waals surface area contributed by atoms with Crippen LogP contribution in [0, 0.1) is 5.92 Å². The zero-order valence-corrected chi connectivity index (χ0v) is 10.6. The van der Waals surface area contributed by atoms with Crippen molar-refractivity contribution < 1.29 is 14.7 Å². The lowest BCUT2D eigenvalue weighted by molar-refractivity contribution is -0.131. The summed E-state index contributed by atoms with van der Waals surface area (Å²) in [5.41, 5.74) is 1.84. The van der Waals surface area contributed by atoms with E-state index in [1.165, 1.54) is 0 Å². The third-order valence-corrected chi connectivity index (χ3v) is 3.34. The van der Waals surface area contributed by atoms with Gasteiger partial charge in [-0.1, -0.05) is 30.7 Å². The zero-order chi connectivity index (χ0) is 13.7. The van der Waals surface area contributed by atoms with E-state index in [-0.39, 0.29) is 11.8 Å². The SMILES string of the molecule is O=C(O)C=Cc1ccc(CNC(=O)C2CCC2)cc1. The number of carbonyl (C=O) groups is 2. The fraction of sp³-hybridized carbons (Fsp3) is 0.333. The van der Waals surface area contributed by atoms with Crippen LogP contribution in [0.5, 0.6) is 0 Å². The Morgan fingerprint density at radius 2 is 1.95 bits per heavy atom. The Labute approximate surface area is 112 Å². The molecule has 1 amide bonds. The summed E-state index contributed by atoms with van der Waals surface area (Å²) >= 11 is 0. The molecular weight excluding hydrogens is 242 g/mol. The van der Waals surface area contributed by atoms with Gasteiger partial charge in [-0.3, -0.25) is 4.79 Å². The summed E-state index contributed by atoms with van der Waals surface area (Å²) in [4.78, 5) is 22.0. The third kappa shape index (κ3) is 3.95. The molecule has 1 fully saturated rings. The smallest absolute Gasteiger partial charge is 0.328 e. The third-order valence-electron chi connectivity index (χ3n) is 3.34. The summed E-state index contributed by atoms with van der Waals surface area (Å²) in [7, 11) is 0. The maximum absolute atomic E-state index is 11.7. The van der Waals surface area contributed by atoms with Crippen molar-refractivity contribution in [3.05, 3.63) is 41.5 Å². The second-order valence-electron chi connectivity index (χ2n) is 4.76. The van der Waals surface area contributed by atoms with Gasteiger partial charge in [-0.25, -0.2) is 4.79 Å². The molecule has 4 nitrogen and oxygen atoms in total. The van der Waals surface area contributed by atoms with Crippen LogP contribution in [0.3, 0.4) is 0 Å². The number of benzene rings is 1. The van der Waals surface area contributed by atoms with E-state index in [1.807, 2.05) is 24.3 Å². The van der Waals surface area contributed by atoms with Crippen LogP contribution < -0.4 is 5.32 Å². The van der Waals surface area contributed by atoms with Crippen molar-refractivity contribution in [2.75, 3.05) is 0 Å². The number of carboxylic acid groups (broad SMARTS) is 1. The highest BCUT2D eigenvalue weighted by Crippen LogP contribution is 2.26. The monoisotopic (exact) mass is 259 g/mol. The average molecular weight is 259 g/mol. The van der Waals surface area contributed by atoms with Gasteiger partial charge in [0, 0.05) is 18.5 Å². The molecule has 100 valence electrons. The van der Waals surface area contributed by atoms with Gasteiger partial charge in [0.15, 0.2) is 0 Å². The highest BCUT2D eigenvalue weighted by atomic mass is 16.4. The van der Waals surface area contributed by atoms with Crippen LogP contribution in [-0.2, 0) is 16.1 Å². The fourth-order valence-electron chi connectivity index (χ4n) is 1.92. The highest BCUT2D eigenvalue weighted by Gasteiger charge is 2.24. The predicted molar refractivity (Wildman–Crippen MR) is 72.3 cm³/mol. The van der Waals surface area contributed by atoms with Gasteiger partial charge in [0.25, 0.3) is 0 Å². The van der Waals surface area contributed by atoms with E-state index < -0.39 is 5.97 Å². The van der Waals surface area contributed by atoms with Crippen LogP contribution in [0.15, 0.2) is 30.3 Å². The summed E-state index contributed by atoms with van der Waals surface area (Å²) in [6.07, 6.45) is 5.81. The summed E-state index contributed by atoms with van der Waals surface area (Å²) in [5.74, 6) is -0.615. The van der Waals surface area contributed by atoms with Gasteiger partial charge in [-0.2, -0.15) is 0 Å². The Hall–Kier alpha value is -2.10. The first kappa shape index (κ1) is 13.3. The molecule has 0 spiro atoms. The van der Waals surface area contributed by atoms with Crippen molar-refractivity contribution in [1.82, 2.24) is 5.32 Å². The van der Waals surface area contributed by atoms with Gasteiger partial charge in [0.1, 0.15) is 0 Å². The van der Waals surface area contributed by atoms with Gasteiger partial charge in [0.05, 0.1) is 0 Å². The zero-order valence-electron chi connectivity index (χ0n) is 10.6. The molecule has 0 heterocycles. The molecule has 0 aromatic heterocycles. The van der Waals surface area contributed by atoms with Crippen molar-refractivity contribution >= 4 is 18.0 Å². The van der Waals surface area contributed by atoms with Crippen LogP contribution in [0.2, 0.25) is 0 Å². The van der Waals surface area contributed by atoms with Gasteiger partial charge >= 0.3 is 5.97 Å². The fourth-order valence-corrected chi connectivity index (χ4v) is 1.92. The topological polar surface area (TPSA) is 66.4 Å². The van der Waals surface area contributed by atoms with Crippen LogP contribution in [0.25, 0.3) is 6.08 Å². The molecule has 0 aliphatic heterocycles. The standard InChI is InChI=1S/C15H17NO3/c17-14(18)9-8-11-4-6-12(7-5-11)10-16-15(19)13-2-1-3-13/h4-9,13H,1-3,10H2,(H,16,19)(H,17,18). The first-order valence-electron chi connectivity index (χ1n) is 6.43. The first-order valence-corrected chi connectivity index (χ1v) is 6.43. The molecule has 2 rings (SSSR count). The minimum atomic E-state index is -0.961.